The van der Waals surface area contributed by atoms with Gasteiger partial charge in [0.2, 0.25) is 0 Å². The molecule has 1 aliphatic heterocycles. The van der Waals surface area contributed by atoms with Gasteiger partial charge in [0.1, 0.15) is 0 Å². The SMILES string of the molecule is CC(C)(C)C(Cc1ccc(Cl)cc1)N1CCCC1. The number of rotatable bonds is 3. The van der Waals surface area contributed by atoms with Crippen LogP contribution in [0.4, 0.5) is 0 Å². The highest BCUT2D eigenvalue weighted by Gasteiger charge is 2.31. The quantitative estimate of drug-likeness (QED) is 0.783. The van der Waals surface area contributed by atoms with Crippen LogP contribution in [0.2, 0.25) is 5.02 Å². The van der Waals surface area contributed by atoms with Crippen molar-refractivity contribution in [2.24, 2.45) is 5.41 Å². The number of nitrogens with zero attached hydrogens (tertiary/aromatic N) is 1. The molecule has 1 fully saturated rings. The molecule has 100 valence electrons. The van der Waals surface area contributed by atoms with Crippen molar-refractivity contribution in [3.63, 3.8) is 0 Å². The molecule has 2 heteroatoms. The Morgan fingerprint density at radius 2 is 1.67 bits per heavy atom. The van der Waals surface area contributed by atoms with Crippen molar-refractivity contribution in [1.82, 2.24) is 4.90 Å². The molecule has 1 heterocycles. The van der Waals surface area contributed by atoms with Gasteiger partial charge in [-0.3, -0.25) is 4.90 Å². The van der Waals surface area contributed by atoms with Gasteiger partial charge in [-0.25, -0.2) is 0 Å². The van der Waals surface area contributed by atoms with E-state index in [2.05, 4.69) is 37.8 Å². The van der Waals surface area contributed by atoms with Crippen LogP contribution in [0.1, 0.15) is 39.2 Å². The van der Waals surface area contributed by atoms with Gasteiger partial charge in [0.05, 0.1) is 0 Å². The maximum atomic E-state index is 5.95. The Morgan fingerprint density at radius 1 is 1.11 bits per heavy atom. The molecule has 0 N–H and O–H groups in total. The Morgan fingerprint density at radius 3 is 2.17 bits per heavy atom. The lowest BCUT2D eigenvalue weighted by Crippen LogP contribution is -2.43. The Kier molecular flexibility index (Phi) is 4.34. The standard InChI is InChI=1S/C16H24ClN/c1-16(2,3)15(18-10-4-5-11-18)12-13-6-8-14(17)9-7-13/h6-9,15H,4-5,10-12H2,1-3H3. The van der Waals surface area contributed by atoms with Gasteiger partial charge >= 0.3 is 0 Å². The first kappa shape index (κ1) is 13.9. The lowest BCUT2D eigenvalue weighted by atomic mass is 9.82. The van der Waals surface area contributed by atoms with E-state index in [0.717, 1.165) is 11.4 Å². The van der Waals surface area contributed by atoms with E-state index in [1.165, 1.54) is 31.5 Å². The van der Waals surface area contributed by atoms with Gasteiger partial charge in [-0.15, -0.1) is 0 Å². The minimum atomic E-state index is 0.323. The monoisotopic (exact) mass is 265 g/mol. The minimum absolute atomic E-state index is 0.323. The average Bonchev–Trinajstić information content (AvgIpc) is 2.80. The molecule has 1 nitrogen and oxygen atoms in total. The molecule has 0 aromatic heterocycles. The smallest absolute Gasteiger partial charge is 0.0406 e. The van der Waals surface area contributed by atoms with E-state index in [1.807, 2.05) is 12.1 Å². The molecule has 0 bridgehead atoms. The molecule has 1 unspecified atom stereocenters. The molecule has 2 rings (SSSR count). The molecule has 1 saturated heterocycles. The summed E-state index contributed by atoms with van der Waals surface area (Å²) in [6.07, 6.45) is 3.83. The van der Waals surface area contributed by atoms with E-state index in [1.54, 1.807) is 0 Å². The van der Waals surface area contributed by atoms with Crippen LogP contribution in [-0.2, 0) is 6.42 Å². The molecular formula is C16H24ClN. The summed E-state index contributed by atoms with van der Waals surface area (Å²) in [6, 6.07) is 8.95. The van der Waals surface area contributed by atoms with Gasteiger partial charge in [0.25, 0.3) is 0 Å². The van der Waals surface area contributed by atoms with Crippen LogP contribution in [0.3, 0.4) is 0 Å². The molecule has 1 aromatic carbocycles. The van der Waals surface area contributed by atoms with E-state index < -0.39 is 0 Å². The fourth-order valence-corrected chi connectivity index (χ4v) is 3.01. The average molecular weight is 266 g/mol. The van der Waals surface area contributed by atoms with E-state index in [9.17, 15) is 0 Å². The highest BCUT2D eigenvalue weighted by molar-refractivity contribution is 6.30. The molecular weight excluding hydrogens is 242 g/mol. The Labute approximate surface area is 116 Å². The fraction of sp³-hybridized carbons (Fsp3) is 0.625. The van der Waals surface area contributed by atoms with Crippen LogP contribution in [-0.4, -0.2) is 24.0 Å². The third-order valence-electron chi connectivity index (χ3n) is 3.92. The molecule has 0 aliphatic carbocycles. The summed E-state index contributed by atoms with van der Waals surface area (Å²) in [7, 11) is 0. The second-order valence-corrected chi connectivity index (χ2v) is 6.89. The lowest BCUT2D eigenvalue weighted by Gasteiger charge is -2.38. The van der Waals surface area contributed by atoms with E-state index in [0.29, 0.717) is 11.5 Å². The maximum Gasteiger partial charge on any atom is 0.0406 e. The Balaban J connectivity index is 2.12. The molecule has 18 heavy (non-hydrogen) atoms. The molecule has 0 amide bonds. The second kappa shape index (κ2) is 5.63. The van der Waals surface area contributed by atoms with E-state index in [4.69, 9.17) is 11.6 Å². The zero-order valence-electron chi connectivity index (χ0n) is 11.7. The molecule has 0 saturated carbocycles. The predicted molar refractivity (Wildman–Crippen MR) is 79.2 cm³/mol. The van der Waals surface area contributed by atoms with Gasteiger partial charge in [0, 0.05) is 11.1 Å². The van der Waals surface area contributed by atoms with Gasteiger partial charge in [-0.2, -0.15) is 0 Å². The Hall–Kier alpha value is -0.530. The van der Waals surface area contributed by atoms with Crippen molar-refractivity contribution in [2.75, 3.05) is 13.1 Å². The van der Waals surface area contributed by atoms with Crippen LogP contribution < -0.4 is 0 Å². The van der Waals surface area contributed by atoms with E-state index >= 15 is 0 Å². The summed E-state index contributed by atoms with van der Waals surface area (Å²) in [5.41, 5.74) is 1.72. The van der Waals surface area contributed by atoms with Crippen molar-refractivity contribution < 1.29 is 0 Å². The topological polar surface area (TPSA) is 3.24 Å². The van der Waals surface area contributed by atoms with Crippen LogP contribution in [0.15, 0.2) is 24.3 Å². The summed E-state index contributed by atoms with van der Waals surface area (Å²) in [6.45, 7) is 9.58. The first-order valence-corrected chi connectivity index (χ1v) is 7.33. The van der Waals surface area contributed by atoms with Crippen LogP contribution >= 0.6 is 11.6 Å². The van der Waals surface area contributed by atoms with Crippen LogP contribution in [0.5, 0.6) is 0 Å². The number of likely N-dealkylation sites (tertiary alicyclic amines) is 1. The highest BCUT2D eigenvalue weighted by Crippen LogP contribution is 2.30. The van der Waals surface area contributed by atoms with Crippen molar-refractivity contribution in [2.45, 2.75) is 46.1 Å². The largest absolute Gasteiger partial charge is 0.300 e. The van der Waals surface area contributed by atoms with Gasteiger partial charge in [-0.1, -0.05) is 44.5 Å². The third-order valence-corrected chi connectivity index (χ3v) is 4.18. The normalized spacial score (nSPS) is 19.1. The predicted octanol–water partition coefficient (Wildman–Crippen LogP) is 4.39. The summed E-state index contributed by atoms with van der Waals surface area (Å²) in [4.78, 5) is 2.66. The fourth-order valence-electron chi connectivity index (χ4n) is 2.88. The number of halogens is 1. The van der Waals surface area contributed by atoms with Gasteiger partial charge < -0.3 is 0 Å². The Bertz CT molecular complexity index is 371. The van der Waals surface area contributed by atoms with Gasteiger partial charge in [-0.05, 0) is 55.5 Å². The number of hydrogen-bond acceptors (Lipinski definition) is 1. The van der Waals surface area contributed by atoms with Crippen molar-refractivity contribution in [3.8, 4) is 0 Å². The number of benzene rings is 1. The van der Waals surface area contributed by atoms with Crippen molar-refractivity contribution >= 4 is 11.6 Å². The first-order valence-electron chi connectivity index (χ1n) is 6.95. The van der Waals surface area contributed by atoms with Gasteiger partial charge in [0.15, 0.2) is 0 Å². The van der Waals surface area contributed by atoms with E-state index in [-0.39, 0.29) is 0 Å². The maximum absolute atomic E-state index is 5.95. The van der Waals surface area contributed by atoms with Crippen LogP contribution in [0, 0.1) is 5.41 Å². The summed E-state index contributed by atoms with van der Waals surface area (Å²) < 4.78 is 0. The molecule has 1 aromatic rings. The minimum Gasteiger partial charge on any atom is -0.300 e. The molecule has 1 atom stereocenters. The zero-order valence-corrected chi connectivity index (χ0v) is 12.5. The summed E-state index contributed by atoms with van der Waals surface area (Å²) in [5.74, 6) is 0. The number of hydrogen-bond donors (Lipinski definition) is 0. The summed E-state index contributed by atoms with van der Waals surface area (Å²) in [5, 5.41) is 0.826. The molecule has 0 spiro atoms. The molecule has 0 radical (unpaired) electrons. The van der Waals surface area contributed by atoms with Crippen molar-refractivity contribution in [3.05, 3.63) is 34.9 Å². The lowest BCUT2D eigenvalue weighted by molar-refractivity contribution is 0.124. The first-order chi connectivity index (χ1) is 8.47. The highest BCUT2D eigenvalue weighted by atomic mass is 35.5. The van der Waals surface area contributed by atoms with Crippen LogP contribution in [0.25, 0.3) is 0 Å². The zero-order chi connectivity index (χ0) is 13.2. The second-order valence-electron chi connectivity index (χ2n) is 6.46. The summed E-state index contributed by atoms with van der Waals surface area (Å²) >= 11 is 5.95. The third kappa shape index (κ3) is 3.49. The molecule has 1 aliphatic rings. The van der Waals surface area contributed by atoms with Crippen molar-refractivity contribution in [1.29, 1.82) is 0 Å².